The fourth-order valence-electron chi connectivity index (χ4n) is 3.22. The molecular formula is C25H27ClN2O5S. The van der Waals surface area contributed by atoms with E-state index in [0.29, 0.717) is 28.8 Å². The second-order valence-corrected chi connectivity index (χ2v) is 9.91. The maximum atomic E-state index is 13.6. The fraction of sp³-hybridized carbons (Fsp3) is 0.240. The van der Waals surface area contributed by atoms with E-state index in [1.165, 1.54) is 24.3 Å². The van der Waals surface area contributed by atoms with Crippen LogP contribution in [0.15, 0.2) is 77.7 Å². The van der Waals surface area contributed by atoms with E-state index in [9.17, 15) is 13.2 Å². The molecule has 0 aliphatic rings. The monoisotopic (exact) mass is 502 g/mol. The Bertz CT molecular complexity index is 1230. The summed E-state index contributed by atoms with van der Waals surface area (Å²) >= 11 is 5.94. The predicted octanol–water partition coefficient (Wildman–Crippen LogP) is 5.36. The van der Waals surface area contributed by atoms with Gasteiger partial charge in [0, 0.05) is 16.8 Å². The van der Waals surface area contributed by atoms with Crippen LogP contribution in [-0.4, -0.2) is 33.6 Å². The maximum absolute atomic E-state index is 13.6. The summed E-state index contributed by atoms with van der Waals surface area (Å²) in [7, 11) is -4.11. The van der Waals surface area contributed by atoms with Gasteiger partial charge in [-0.1, -0.05) is 29.8 Å². The van der Waals surface area contributed by atoms with Gasteiger partial charge in [0.1, 0.15) is 18.0 Å². The zero-order chi connectivity index (χ0) is 24.7. The van der Waals surface area contributed by atoms with Crippen molar-refractivity contribution in [2.45, 2.75) is 31.8 Å². The van der Waals surface area contributed by atoms with Gasteiger partial charge in [-0.25, -0.2) is 8.42 Å². The van der Waals surface area contributed by atoms with Crippen LogP contribution in [-0.2, 0) is 14.8 Å². The fourth-order valence-corrected chi connectivity index (χ4v) is 4.78. The Labute approximate surface area is 205 Å². The Morgan fingerprint density at radius 1 is 1.03 bits per heavy atom. The van der Waals surface area contributed by atoms with Crippen molar-refractivity contribution in [1.82, 2.24) is 0 Å². The third-order valence-electron chi connectivity index (χ3n) is 4.61. The van der Waals surface area contributed by atoms with Gasteiger partial charge < -0.3 is 14.8 Å². The van der Waals surface area contributed by atoms with Crippen LogP contribution in [0.1, 0.15) is 20.8 Å². The van der Waals surface area contributed by atoms with Crippen molar-refractivity contribution in [3.8, 4) is 11.5 Å². The number of benzene rings is 3. The third kappa shape index (κ3) is 6.42. The lowest BCUT2D eigenvalue weighted by atomic mass is 10.2. The molecule has 0 radical (unpaired) electrons. The lowest BCUT2D eigenvalue weighted by Gasteiger charge is -2.26. The van der Waals surface area contributed by atoms with Crippen LogP contribution in [0.4, 0.5) is 11.4 Å². The third-order valence-corrected chi connectivity index (χ3v) is 6.64. The standard InChI is InChI=1S/C25H27ClN2O5S/c1-4-32-24-11-6-5-10-23(24)28(34(30,31)22-14-12-19(26)13-15-22)17-25(29)27-20-8-7-9-21(16-20)33-18(2)3/h5-16,18H,4,17H2,1-3H3,(H,27,29). The van der Waals surface area contributed by atoms with Crippen LogP contribution in [0.5, 0.6) is 11.5 Å². The highest BCUT2D eigenvalue weighted by Crippen LogP contribution is 2.33. The minimum absolute atomic E-state index is 0.00309. The molecule has 0 bridgehead atoms. The van der Waals surface area contributed by atoms with Gasteiger partial charge in [-0.05, 0) is 69.3 Å². The van der Waals surface area contributed by atoms with Crippen LogP contribution in [0, 0.1) is 0 Å². The molecule has 9 heteroatoms. The number of hydrogen-bond acceptors (Lipinski definition) is 5. The first-order valence-electron chi connectivity index (χ1n) is 10.8. The highest BCUT2D eigenvalue weighted by atomic mass is 35.5. The van der Waals surface area contributed by atoms with Gasteiger partial charge in [-0.2, -0.15) is 0 Å². The molecule has 0 aliphatic carbocycles. The van der Waals surface area contributed by atoms with Crippen LogP contribution < -0.4 is 19.1 Å². The second-order valence-electron chi connectivity index (χ2n) is 7.61. The Balaban J connectivity index is 1.95. The molecule has 0 spiro atoms. The molecule has 180 valence electrons. The average Bonchev–Trinajstić information content (AvgIpc) is 2.78. The van der Waals surface area contributed by atoms with E-state index in [1.54, 1.807) is 55.5 Å². The topological polar surface area (TPSA) is 84.9 Å². The molecule has 0 saturated heterocycles. The second kappa shape index (κ2) is 11.3. The summed E-state index contributed by atoms with van der Waals surface area (Å²) in [5.41, 5.74) is 0.747. The Morgan fingerprint density at radius 2 is 1.74 bits per heavy atom. The number of rotatable bonds is 10. The molecule has 3 aromatic carbocycles. The molecule has 0 aliphatic heterocycles. The van der Waals surface area contributed by atoms with Gasteiger partial charge in [0.2, 0.25) is 5.91 Å². The number of nitrogens with one attached hydrogen (secondary N) is 1. The van der Waals surface area contributed by atoms with E-state index in [1.807, 2.05) is 13.8 Å². The molecule has 0 aromatic heterocycles. The molecule has 3 rings (SSSR count). The smallest absolute Gasteiger partial charge is 0.264 e. The summed E-state index contributed by atoms with van der Waals surface area (Å²) in [5.74, 6) is 0.424. The number of carbonyl (C=O) groups is 1. The van der Waals surface area contributed by atoms with Gasteiger partial charge in [0.25, 0.3) is 10.0 Å². The molecule has 3 aromatic rings. The van der Waals surface area contributed by atoms with Crippen molar-refractivity contribution in [3.63, 3.8) is 0 Å². The first kappa shape index (κ1) is 25.4. The molecule has 34 heavy (non-hydrogen) atoms. The van der Waals surface area contributed by atoms with Crippen molar-refractivity contribution in [1.29, 1.82) is 0 Å². The number of nitrogens with zero attached hydrogens (tertiary/aromatic N) is 1. The molecule has 0 atom stereocenters. The molecule has 0 saturated carbocycles. The lowest BCUT2D eigenvalue weighted by Crippen LogP contribution is -2.38. The molecule has 0 heterocycles. The number of anilines is 2. The Kier molecular flexibility index (Phi) is 8.41. The number of ether oxygens (including phenoxy) is 2. The van der Waals surface area contributed by atoms with Gasteiger partial charge in [0.15, 0.2) is 0 Å². The molecule has 0 unspecified atom stereocenters. The van der Waals surface area contributed by atoms with Gasteiger partial charge in [-0.3, -0.25) is 9.10 Å². The summed E-state index contributed by atoms with van der Waals surface area (Å²) in [6, 6.07) is 19.4. The number of hydrogen-bond donors (Lipinski definition) is 1. The van der Waals surface area contributed by atoms with E-state index < -0.39 is 22.5 Å². The maximum Gasteiger partial charge on any atom is 0.264 e. The number of amides is 1. The van der Waals surface area contributed by atoms with Gasteiger partial charge >= 0.3 is 0 Å². The first-order valence-corrected chi connectivity index (χ1v) is 12.6. The highest BCUT2D eigenvalue weighted by molar-refractivity contribution is 7.92. The SMILES string of the molecule is CCOc1ccccc1N(CC(=O)Nc1cccc(OC(C)C)c1)S(=O)(=O)c1ccc(Cl)cc1. The minimum Gasteiger partial charge on any atom is -0.492 e. The number of carbonyl (C=O) groups excluding carboxylic acids is 1. The van der Waals surface area contributed by atoms with Gasteiger partial charge in [-0.15, -0.1) is 0 Å². The minimum atomic E-state index is -4.11. The summed E-state index contributed by atoms with van der Waals surface area (Å²) in [6.07, 6.45) is -0.0268. The van der Waals surface area contributed by atoms with Crippen molar-refractivity contribution < 1.29 is 22.7 Å². The normalized spacial score (nSPS) is 11.2. The molecule has 7 nitrogen and oxygen atoms in total. The number of sulfonamides is 1. The van der Waals surface area contributed by atoms with Crippen LogP contribution in [0.25, 0.3) is 0 Å². The largest absolute Gasteiger partial charge is 0.492 e. The van der Waals surface area contributed by atoms with Gasteiger partial charge in [0.05, 0.1) is 23.3 Å². The van der Waals surface area contributed by atoms with Crippen LogP contribution in [0.3, 0.4) is 0 Å². The molecule has 1 amide bonds. The van der Waals surface area contributed by atoms with E-state index >= 15 is 0 Å². The first-order chi connectivity index (χ1) is 16.2. The van der Waals surface area contributed by atoms with E-state index in [4.69, 9.17) is 21.1 Å². The van der Waals surface area contributed by atoms with E-state index in [-0.39, 0.29) is 16.7 Å². The zero-order valence-corrected chi connectivity index (χ0v) is 20.8. The average molecular weight is 503 g/mol. The van der Waals surface area contributed by atoms with Crippen molar-refractivity contribution >= 4 is 38.9 Å². The molecular weight excluding hydrogens is 476 g/mol. The summed E-state index contributed by atoms with van der Waals surface area (Å²) < 4.78 is 39.5. The summed E-state index contributed by atoms with van der Waals surface area (Å²) in [5, 5.41) is 3.16. The Morgan fingerprint density at radius 3 is 2.41 bits per heavy atom. The van der Waals surface area contributed by atoms with Crippen molar-refractivity contribution in [2.24, 2.45) is 0 Å². The van der Waals surface area contributed by atoms with Crippen LogP contribution in [0.2, 0.25) is 5.02 Å². The van der Waals surface area contributed by atoms with E-state index in [2.05, 4.69) is 5.32 Å². The lowest BCUT2D eigenvalue weighted by molar-refractivity contribution is -0.114. The number of halogens is 1. The molecule has 1 N–H and O–H groups in total. The van der Waals surface area contributed by atoms with Crippen LogP contribution >= 0.6 is 11.6 Å². The zero-order valence-electron chi connectivity index (χ0n) is 19.2. The van der Waals surface area contributed by atoms with Crippen molar-refractivity contribution in [3.05, 3.63) is 77.8 Å². The van der Waals surface area contributed by atoms with Crippen molar-refractivity contribution in [2.75, 3.05) is 22.8 Å². The predicted molar refractivity (Wildman–Crippen MR) is 134 cm³/mol. The summed E-state index contributed by atoms with van der Waals surface area (Å²) in [4.78, 5) is 13.0. The highest BCUT2D eigenvalue weighted by Gasteiger charge is 2.29. The molecule has 0 fully saturated rings. The number of para-hydroxylation sites is 2. The Hall–Kier alpha value is -3.23. The quantitative estimate of drug-likeness (QED) is 0.403. The summed E-state index contributed by atoms with van der Waals surface area (Å²) in [6.45, 7) is 5.47. The van der Waals surface area contributed by atoms with E-state index in [0.717, 1.165) is 4.31 Å².